The van der Waals surface area contributed by atoms with Crippen molar-refractivity contribution in [3.63, 3.8) is 0 Å². The van der Waals surface area contributed by atoms with Crippen LogP contribution in [0.4, 0.5) is 5.69 Å². The molecule has 7 heteroatoms. The number of hydrogen-bond acceptors (Lipinski definition) is 4. The lowest BCUT2D eigenvalue weighted by Gasteiger charge is -2.07. The summed E-state index contributed by atoms with van der Waals surface area (Å²) in [6.07, 6.45) is 0. The summed E-state index contributed by atoms with van der Waals surface area (Å²) in [7, 11) is 0. The van der Waals surface area contributed by atoms with Gasteiger partial charge in [-0.25, -0.2) is 0 Å². The van der Waals surface area contributed by atoms with Crippen LogP contribution in [0.1, 0.15) is 11.6 Å². The molecule has 0 heterocycles. The van der Waals surface area contributed by atoms with Crippen molar-refractivity contribution in [2.45, 2.75) is 6.04 Å². The number of nitrogens with zero attached hydrogens (tertiary/aromatic N) is 1. The van der Waals surface area contributed by atoms with E-state index in [1.807, 2.05) is 0 Å². The van der Waals surface area contributed by atoms with Crippen LogP contribution in [-0.4, -0.2) is 16.0 Å². The van der Waals surface area contributed by atoms with E-state index in [1.54, 1.807) is 0 Å². The van der Waals surface area contributed by atoms with Crippen LogP contribution in [0.15, 0.2) is 18.2 Å². The average molecular weight is 231 g/mol. The molecule has 3 N–H and O–H groups in total. The van der Waals surface area contributed by atoms with Crippen LogP contribution in [0, 0.1) is 10.1 Å². The Morgan fingerprint density at radius 3 is 2.67 bits per heavy atom. The molecule has 0 bridgehead atoms. The highest BCUT2D eigenvalue weighted by Gasteiger charge is 2.24. The fourth-order valence-corrected chi connectivity index (χ4v) is 1.24. The third kappa shape index (κ3) is 2.42. The zero-order chi connectivity index (χ0) is 11.6. The molecule has 0 radical (unpaired) electrons. The summed E-state index contributed by atoms with van der Waals surface area (Å²) in [6, 6.07) is 2.23. The van der Waals surface area contributed by atoms with E-state index >= 15 is 0 Å². The Kier molecular flexibility index (Phi) is 3.23. The van der Waals surface area contributed by atoms with E-state index in [0.717, 1.165) is 6.07 Å². The highest BCUT2D eigenvalue weighted by atomic mass is 35.5. The van der Waals surface area contributed by atoms with E-state index < -0.39 is 22.6 Å². The van der Waals surface area contributed by atoms with Crippen molar-refractivity contribution < 1.29 is 14.8 Å². The smallest absolute Gasteiger partial charge is 0.325 e. The molecule has 1 aromatic carbocycles. The number of nitro benzene ring substituents is 1. The summed E-state index contributed by atoms with van der Waals surface area (Å²) in [5, 5.41) is 19.4. The Bertz CT molecular complexity index is 421. The van der Waals surface area contributed by atoms with Crippen molar-refractivity contribution in [1.29, 1.82) is 0 Å². The van der Waals surface area contributed by atoms with Gasteiger partial charge in [0.2, 0.25) is 0 Å². The molecule has 0 fully saturated rings. The summed E-state index contributed by atoms with van der Waals surface area (Å²) in [4.78, 5) is 20.5. The van der Waals surface area contributed by atoms with Crippen LogP contribution in [-0.2, 0) is 4.79 Å². The molecule has 0 aliphatic heterocycles. The Labute approximate surface area is 89.4 Å². The van der Waals surface area contributed by atoms with E-state index in [9.17, 15) is 14.9 Å². The predicted molar refractivity (Wildman–Crippen MR) is 52.7 cm³/mol. The predicted octanol–water partition coefficient (Wildman–Crippen LogP) is 1.33. The summed E-state index contributed by atoms with van der Waals surface area (Å²) in [5.74, 6) is -1.33. The van der Waals surface area contributed by atoms with E-state index in [2.05, 4.69) is 0 Å². The van der Waals surface area contributed by atoms with Crippen molar-refractivity contribution in [1.82, 2.24) is 0 Å². The van der Waals surface area contributed by atoms with Gasteiger partial charge in [0.25, 0.3) is 5.69 Å². The van der Waals surface area contributed by atoms with Crippen LogP contribution in [0.5, 0.6) is 0 Å². The third-order valence-corrected chi connectivity index (χ3v) is 2.03. The van der Waals surface area contributed by atoms with Crippen LogP contribution in [0.25, 0.3) is 0 Å². The number of rotatable bonds is 3. The molecule has 0 aliphatic carbocycles. The molecule has 0 aliphatic rings. The van der Waals surface area contributed by atoms with Gasteiger partial charge in [-0.2, -0.15) is 0 Å². The van der Waals surface area contributed by atoms with Gasteiger partial charge >= 0.3 is 5.97 Å². The van der Waals surface area contributed by atoms with Crippen molar-refractivity contribution in [3.05, 3.63) is 38.9 Å². The molecular weight excluding hydrogens is 224 g/mol. The lowest BCUT2D eigenvalue weighted by molar-refractivity contribution is -0.385. The first-order chi connectivity index (χ1) is 6.93. The molecule has 0 aromatic heterocycles. The van der Waals surface area contributed by atoms with E-state index in [-0.39, 0.29) is 10.6 Å². The second kappa shape index (κ2) is 4.24. The fourth-order valence-electron chi connectivity index (χ4n) is 1.07. The van der Waals surface area contributed by atoms with Crippen LogP contribution < -0.4 is 5.73 Å². The number of nitro groups is 1. The van der Waals surface area contributed by atoms with Gasteiger partial charge in [-0.1, -0.05) is 11.6 Å². The van der Waals surface area contributed by atoms with Gasteiger partial charge in [-0.05, 0) is 12.1 Å². The molecule has 6 nitrogen and oxygen atoms in total. The lowest BCUT2D eigenvalue weighted by Crippen LogP contribution is -2.21. The zero-order valence-corrected chi connectivity index (χ0v) is 8.14. The maximum atomic E-state index is 10.6. The van der Waals surface area contributed by atoms with Crippen molar-refractivity contribution >= 4 is 23.3 Å². The standard InChI is InChI=1S/C8H7ClN2O4/c9-4-1-2-5(7(10)8(12)13)6(3-4)11(14)15/h1-3,7H,10H2,(H,12,13). The minimum Gasteiger partial charge on any atom is -0.480 e. The first-order valence-electron chi connectivity index (χ1n) is 3.85. The Balaban J connectivity index is 3.28. The summed E-state index contributed by atoms with van der Waals surface area (Å²) in [5.41, 5.74) is 4.82. The Hall–Kier alpha value is -1.66. The number of benzene rings is 1. The topological polar surface area (TPSA) is 106 Å². The van der Waals surface area contributed by atoms with Crippen LogP contribution in [0.2, 0.25) is 5.02 Å². The summed E-state index contributed by atoms with van der Waals surface area (Å²) >= 11 is 5.55. The number of hydrogen-bond donors (Lipinski definition) is 2. The zero-order valence-electron chi connectivity index (χ0n) is 7.38. The van der Waals surface area contributed by atoms with Crippen molar-refractivity contribution in [2.24, 2.45) is 5.73 Å². The number of carboxylic acids is 1. The summed E-state index contributed by atoms with van der Waals surface area (Å²) < 4.78 is 0. The average Bonchev–Trinajstić information content (AvgIpc) is 2.16. The second-order valence-electron chi connectivity index (χ2n) is 2.78. The normalized spacial score (nSPS) is 12.1. The van der Waals surface area contributed by atoms with Gasteiger partial charge in [-0.15, -0.1) is 0 Å². The Morgan fingerprint density at radius 2 is 2.20 bits per heavy atom. The monoisotopic (exact) mass is 230 g/mol. The number of nitrogens with two attached hydrogens (primary N) is 1. The lowest BCUT2D eigenvalue weighted by atomic mass is 10.1. The van der Waals surface area contributed by atoms with Crippen molar-refractivity contribution in [2.75, 3.05) is 0 Å². The van der Waals surface area contributed by atoms with Gasteiger partial charge in [-0.3, -0.25) is 14.9 Å². The largest absolute Gasteiger partial charge is 0.480 e. The molecule has 80 valence electrons. The van der Waals surface area contributed by atoms with Gasteiger partial charge in [0.15, 0.2) is 0 Å². The number of carbonyl (C=O) groups is 1. The van der Waals surface area contributed by atoms with Crippen LogP contribution in [0.3, 0.4) is 0 Å². The molecule has 0 spiro atoms. The maximum absolute atomic E-state index is 10.6. The van der Waals surface area contributed by atoms with Gasteiger partial charge < -0.3 is 10.8 Å². The molecule has 15 heavy (non-hydrogen) atoms. The fraction of sp³-hybridized carbons (Fsp3) is 0.125. The van der Waals surface area contributed by atoms with E-state index in [1.165, 1.54) is 12.1 Å². The number of carboxylic acid groups (broad SMARTS) is 1. The van der Waals surface area contributed by atoms with Gasteiger partial charge in [0.05, 0.1) is 10.5 Å². The highest BCUT2D eigenvalue weighted by molar-refractivity contribution is 6.30. The molecule has 0 saturated carbocycles. The van der Waals surface area contributed by atoms with Crippen LogP contribution >= 0.6 is 11.6 Å². The molecular formula is C8H7ClN2O4. The molecule has 0 amide bonds. The Morgan fingerprint density at radius 1 is 1.60 bits per heavy atom. The minimum absolute atomic E-state index is 0.0723. The van der Waals surface area contributed by atoms with Gasteiger partial charge in [0, 0.05) is 11.1 Å². The van der Waals surface area contributed by atoms with E-state index in [0.29, 0.717) is 0 Å². The van der Waals surface area contributed by atoms with E-state index in [4.69, 9.17) is 22.4 Å². The quantitative estimate of drug-likeness (QED) is 0.602. The van der Waals surface area contributed by atoms with Gasteiger partial charge in [0.1, 0.15) is 6.04 Å². The number of halogens is 1. The molecule has 0 saturated heterocycles. The second-order valence-corrected chi connectivity index (χ2v) is 3.21. The molecule has 1 unspecified atom stereocenters. The molecule has 1 aromatic rings. The summed E-state index contributed by atoms with van der Waals surface area (Å²) in [6.45, 7) is 0. The number of aliphatic carboxylic acids is 1. The molecule has 1 rings (SSSR count). The first kappa shape index (κ1) is 11.4. The maximum Gasteiger partial charge on any atom is 0.325 e. The highest BCUT2D eigenvalue weighted by Crippen LogP contribution is 2.27. The third-order valence-electron chi connectivity index (χ3n) is 1.79. The first-order valence-corrected chi connectivity index (χ1v) is 4.23. The SMILES string of the molecule is NC(C(=O)O)c1ccc(Cl)cc1[N+](=O)[O-]. The van der Waals surface area contributed by atoms with Crippen molar-refractivity contribution in [3.8, 4) is 0 Å². The minimum atomic E-state index is -1.43. The molecule has 1 atom stereocenters.